The number of benzene rings is 3. The van der Waals surface area contributed by atoms with Gasteiger partial charge in [-0.15, -0.1) is 0 Å². The molecule has 0 N–H and O–H groups in total. The Morgan fingerprint density at radius 2 is 1.11 bits per heavy atom. The zero-order chi connectivity index (χ0) is 20.3. The maximum absolute atomic E-state index is 12.8. The molecule has 0 amide bonds. The van der Waals surface area contributed by atoms with Gasteiger partial charge in [-0.25, -0.2) is 0 Å². The summed E-state index contributed by atoms with van der Waals surface area (Å²) in [5, 5.41) is 2.88. The Labute approximate surface area is 180 Å². The summed E-state index contributed by atoms with van der Waals surface area (Å²) in [6.45, 7) is -2.25. The third-order valence-electron chi connectivity index (χ3n) is 4.50. The number of halogens is 3. The second kappa shape index (κ2) is 8.33. The van der Waals surface area contributed by atoms with Gasteiger partial charge in [0.2, 0.25) is 0 Å². The van der Waals surface area contributed by atoms with Gasteiger partial charge in [0.05, 0.1) is 0 Å². The summed E-state index contributed by atoms with van der Waals surface area (Å²) in [7, 11) is 0. The molecule has 0 saturated heterocycles. The fourth-order valence-electron chi connectivity index (χ4n) is 3.54. The molecular formula is C21H19Cl3O2P2. The van der Waals surface area contributed by atoms with Crippen LogP contribution in [0.5, 0.6) is 0 Å². The molecule has 3 aromatic carbocycles. The van der Waals surface area contributed by atoms with Crippen molar-refractivity contribution < 1.29 is 8.88 Å². The molecule has 7 heteroatoms. The van der Waals surface area contributed by atoms with Crippen LogP contribution in [0.4, 0.5) is 0 Å². The average Bonchev–Trinajstić information content (AvgIpc) is 2.68. The number of allylic oxidation sites excluding steroid dienone is 1. The Kier molecular flexibility index (Phi) is 6.42. The molecule has 28 heavy (non-hydrogen) atoms. The van der Waals surface area contributed by atoms with Gasteiger partial charge in [0, 0.05) is 0 Å². The fourth-order valence-corrected chi connectivity index (χ4v) is 13.6. The fraction of sp³-hybridized carbons (Fsp3) is 0.0476. The standard InChI is InChI=1S/C21H19Cl3O2P2/c1-18(22)17-28(26-27(23,24)25,19-11-5-2-6-12-19,20-13-7-3-8-14-20)21-15-9-4-10-16-21/h2-17H,1H3. The van der Waals surface area contributed by atoms with Gasteiger partial charge in [0.15, 0.2) is 0 Å². The summed E-state index contributed by atoms with van der Waals surface area (Å²) in [6, 6.07) is 28.7. The Hall–Kier alpha value is -1.11. The molecule has 3 aromatic rings. The first-order chi connectivity index (χ1) is 13.3. The summed E-state index contributed by atoms with van der Waals surface area (Å²) in [5.74, 6) is 1.84. The Morgan fingerprint density at radius 1 is 0.786 bits per heavy atom. The van der Waals surface area contributed by atoms with Crippen molar-refractivity contribution in [2.75, 3.05) is 0 Å². The number of hydrogen-bond acceptors (Lipinski definition) is 2. The van der Waals surface area contributed by atoms with Crippen LogP contribution < -0.4 is 15.9 Å². The first kappa shape index (κ1) is 21.6. The minimum absolute atomic E-state index is 0.482. The first-order valence-corrected chi connectivity index (χ1v) is 14.6. The van der Waals surface area contributed by atoms with Gasteiger partial charge in [0.1, 0.15) is 0 Å². The topological polar surface area (TPSA) is 26.3 Å². The van der Waals surface area contributed by atoms with E-state index in [2.05, 4.69) is 0 Å². The van der Waals surface area contributed by atoms with Gasteiger partial charge >= 0.3 is 181 Å². The number of hydrogen-bond donors (Lipinski definition) is 0. The van der Waals surface area contributed by atoms with Gasteiger partial charge < -0.3 is 0 Å². The minimum atomic E-state index is -4.01. The van der Waals surface area contributed by atoms with Crippen LogP contribution in [0.1, 0.15) is 6.92 Å². The van der Waals surface area contributed by atoms with Crippen LogP contribution in [-0.4, -0.2) is 0 Å². The van der Waals surface area contributed by atoms with Crippen LogP contribution in [0.3, 0.4) is 0 Å². The van der Waals surface area contributed by atoms with Crippen molar-refractivity contribution in [3.05, 3.63) is 102 Å². The molecule has 0 saturated carbocycles. The van der Waals surface area contributed by atoms with Crippen LogP contribution in [0.15, 0.2) is 102 Å². The second-order valence-electron chi connectivity index (χ2n) is 6.32. The molecule has 0 spiro atoms. The summed E-state index contributed by atoms with van der Waals surface area (Å²) < 4.78 is 19.1. The molecule has 0 aliphatic carbocycles. The molecule has 0 radical (unpaired) electrons. The van der Waals surface area contributed by atoms with Crippen molar-refractivity contribution in [1.29, 1.82) is 0 Å². The van der Waals surface area contributed by atoms with E-state index < -0.39 is 12.9 Å². The van der Waals surface area contributed by atoms with E-state index in [-0.39, 0.29) is 0 Å². The SMILES string of the molecule is CC(Cl)=CP(OP(=O)(Cl)Cl)(c1ccccc1)(c1ccccc1)c1ccccc1. The van der Waals surface area contributed by atoms with E-state index in [4.69, 9.17) is 38.4 Å². The molecule has 3 rings (SSSR count). The van der Waals surface area contributed by atoms with E-state index in [1.165, 1.54) is 0 Å². The van der Waals surface area contributed by atoms with E-state index in [0.717, 1.165) is 15.9 Å². The molecule has 0 aromatic heterocycles. The number of rotatable bonds is 6. The molecule has 0 atom stereocenters. The van der Waals surface area contributed by atoms with Gasteiger partial charge in [-0.2, -0.15) is 0 Å². The van der Waals surface area contributed by atoms with Gasteiger partial charge in [0.25, 0.3) is 0 Å². The van der Waals surface area contributed by atoms with Crippen molar-refractivity contribution >= 4 is 62.9 Å². The summed E-state index contributed by atoms with van der Waals surface area (Å²) in [5.41, 5.74) is 0. The van der Waals surface area contributed by atoms with E-state index in [1.807, 2.05) is 96.8 Å². The summed E-state index contributed by atoms with van der Waals surface area (Å²) >= 11 is 18.7. The Balaban J connectivity index is 2.63. The predicted molar refractivity (Wildman–Crippen MR) is 125 cm³/mol. The zero-order valence-corrected chi connectivity index (χ0v) is 19.1. The van der Waals surface area contributed by atoms with Gasteiger partial charge in [-0.05, 0) is 0 Å². The van der Waals surface area contributed by atoms with Crippen molar-refractivity contribution in [1.82, 2.24) is 0 Å². The average molecular weight is 472 g/mol. The Bertz CT molecular complexity index is 916. The van der Waals surface area contributed by atoms with Crippen LogP contribution >= 0.6 is 47.0 Å². The molecule has 0 aliphatic rings. The van der Waals surface area contributed by atoms with E-state index in [9.17, 15) is 4.57 Å². The Morgan fingerprint density at radius 3 is 1.36 bits per heavy atom. The maximum atomic E-state index is 12.8. The molecule has 0 unspecified atom stereocenters. The van der Waals surface area contributed by atoms with Crippen molar-refractivity contribution in [2.45, 2.75) is 6.92 Å². The van der Waals surface area contributed by atoms with Crippen LogP contribution in [0, 0.1) is 0 Å². The van der Waals surface area contributed by atoms with Crippen molar-refractivity contribution in [3.8, 4) is 0 Å². The van der Waals surface area contributed by atoms with E-state index in [0.29, 0.717) is 5.03 Å². The quantitative estimate of drug-likeness (QED) is 0.357. The molecule has 0 heterocycles. The predicted octanol–water partition coefficient (Wildman–Crippen LogP) is 7.13. The van der Waals surface area contributed by atoms with Gasteiger partial charge in [-0.3, -0.25) is 0 Å². The first-order valence-electron chi connectivity index (χ1n) is 8.52. The van der Waals surface area contributed by atoms with E-state index in [1.54, 1.807) is 6.92 Å². The molecule has 0 fully saturated rings. The normalized spacial score (nSPS) is 14.3. The molecule has 146 valence electrons. The molecule has 0 aliphatic heterocycles. The monoisotopic (exact) mass is 470 g/mol. The second-order valence-corrected chi connectivity index (χ2v) is 15.6. The van der Waals surface area contributed by atoms with E-state index >= 15 is 0 Å². The third kappa shape index (κ3) is 3.96. The van der Waals surface area contributed by atoms with Crippen LogP contribution in [-0.2, 0) is 8.88 Å². The molecular weight excluding hydrogens is 453 g/mol. The molecule has 2 nitrogen and oxygen atoms in total. The summed E-state index contributed by atoms with van der Waals surface area (Å²) in [6.07, 6.45) is -4.01. The van der Waals surface area contributed by atoms with Crippen molar-refractivity contribution in [3.63, 3.8) is 0 Å². The zero-order valence-electron chi connectivity index (χ0n) is 15.1. The summed E-state index contributed by atoms with van der Waals surface area (Å²) in [4.78, 5) is 0. The van der Waals surface area contributed by atoms with Crippen LogP contribution in [0.25, 0.3) is 0 Å². The van der Waals surface area contributed by atoms with Crippen molar-refractivity contribution in [2.24, 2.45) is 0 Å². The molecule has 0 bridgehead atoms. The third-order valence-corrected chi connectivity index (χ3v) is 12.8. The van der Waals surface area contributed by atoms with Gasteiger partial charge in [-0.1, -0.05) is 0 Å². The van der Waals surface area contributed by atoms with Crippen LogP contribution in [0.2, 0.25) is 0 Å².